The maximum absolute atomic E-state index is 12.4. The van der Waals surface area contributed by atoms with Gasteiger partial charge in [0.15, 0.2) is 6.61 Å². The zero-order chi connectivity index (χ0) is 14.9. The van der Waals surface area contributed by atoms with Crippen LogP contribution in [0.15, 0.2) is 30.3 Å². The van der Waals surface area contributed by atoms with Crippen LogP contribution < -0.4 is 10.1 Å². The summed E-state index contributed by atoms with van der Waals surface area (Å²) >= 11 is 0. The summed E-state index contributed by atoms with van der Waals surface area (Å²) in [6.45, 7) is -0.756. The molecule has 1 heterocycles. The SMILES string of the molecule is FC(F)(F)COc1cc(CNC2CC2)nc2ccccc12. The number of hydrogen-bond acceptors (Lipinski definition) is 3. The van der Waals surface area contributed by atoms with E-state index in [9.17, 15) is 13.2 Å². The van der Waals surface area contributed by atoms with E-state index in [-0.39, 0.29) is 5.75 Å². The molecule has 1 N–H and O–H groups in total. The third kappa shape index (κ3) is 3.85. The molecule has 0 spiro atoms. The van der Waals surface area contributed by atoms with Crippen molar-refractivity contribution in [2.75, 3.05) is 6.61 Å². The van der Waals surface area contributed by atoms with Gasteiger partial charge in [-0.15, -0.1) is 0 Å². The molecule has 1 aromatic carbocycles. The fourth-order valence-corrected chi connectivity index (χ4v) is 2.10. The van der Waals surface area contributed by atoms with Crippen LogP contribution in [0.2, 0.25) is 0 Å². The minimum absolute atomic E-state index is 0.227. The largest absolute Gasteiger partial charge is 0.483 e. The Hall–Kier alpha value is -1.82. The molecule has 1 fully saturated rings. The number of benzene rings is 1. The van der Waals surface area contributed by atoms with Gasteiger partial charge in [0.2, 0.25) is 0 Å². The molecule has 1 aliphatic rings. The number of hydrogen-bond donors (Lipinski definition) is 1. The van der Waals surface area contributed by atoms with Crippen molar-refractivity contribution in [1.29, 1.82) is 0 Å². The maximum Gasteiger partial charge on any atom is 0.422 e. The number of halogens is 3. The van der Waals surface area contributed by atoms with Crippen LogP contribution in [0.4, 0.5) is 13.2 Å². The van der Waals surface area contributed by atoms with Gasteiger partial charge in [0.25, 0.3) is 0 Å². The number of nitrogens with one attached hydrogen (secondary N) is 1. The highest BCUT2D eigenvalue weighted by molar-refractivity contribution is 5.85. The predicted molar refractivity (Wildman–Crippen MR) is 73.2 cm³/mol. The Balaban J connectivity index is 1.86. The lowest BCUT2D eigenvalue weighted by atomic mass is 10.2. The molecule has 0 amide bonds. The molecule has 1 aromatic heterocycles. The lowest BCUT2D eigenvalue weighted by Crippen LogP contribution is -2.20. The summed E-state index contributed by atoms with van der Waals surface area (Å²) in [5.41, 5.74) is 1.34. The van der Waals surface area contributed by atoms with Gasteiger partial charge >= 0.3 is 6.18 Å². The second kappa shape index (κ2) is 5.52. The zero-order valence-corrected chi connectivity index (χ0v) is 11.3. The second-order valence-electron chi connectivity index (χ2n) is 5.19. The Bertz CT molecular complexity index is 638. The summed E-state index contributed by atoms with van der Waals surface area (Å²) in [5, 5.41) is 3.89. The summed E-state index contributed by atoms with van der Waals surface area (Å²) in [4.78, 5) is 4.46. The van der Waals surface area contributed by atoms with Gasteiger partial charge < -0.3 is 10.1 Å². The molecule has 0 aliphatic heterocycles. The highest BCUT2D eigenvalue weighted by Gasteiger charge is 2.29. The topological polar surface area (TPSA) is 34.1 Å². The minimum Gasteiger partial charge on any atom is -0.483 e. The van der Waals surface area contributed by atoms with Crippen LogP contribution in [0.25, 0.3) is 10.9 Å². The molecule has 3 rings (SSSR count). The summed E-state index contributed by atoms with van der Waals surface area (Å²) in [6.07, 6.45) is -2.06. The van der Waals surface area contributed by atoms with E-state index in [4.69, 9.17) is 4.74 Å². The van der Waals surface area contributed by atoms with E-state index in [0.29, 0.717) is 29.2 Å². The van der Waals surface area contributed by atoms with Crippen molar-refractivity contribution < 1.29 is 17.9 Å². The number of ether oxygens (including phenoxy) is 1. The number of pyridine rings is 1. The van der Waals surface area contributed by atoms with E-state index >= 15 is 0 Å². The van der Waals surface area contributed by atoms with Crippen molar-refractivity contribution in [2.24, 2.45) is 0 Å². The second-order valence-corrected chi connectivity index (χ2v) is 5.19. The number of rotatable bonds is 5. The first-order valence-corrected chi connectivity index (χ1v) is 6.83. The molecule has 0 radical (unpaired) electrons. The Morgan fingerprint density at radius 3 is 2.71 bits per heavy atom. The van der Waals surface area contributed by atoms with Crippen molar-refractivity contribution in [3.63, 3.8) is 0 Å². The summed E-state index contributed by atoms with van der Waals surface area (Å²) < 4.78 is 42.0. The molecule has 0 atom stereocenters. The van der Waals surface area contributed by atoms with E-state index < -0.39 is 12.8 Å². The standard InChI is InChI=1S/C15H15F3N2O/c16-15(17,18)9-21-14-7-11(8-19-10-5-6-10)20-13-4-2-1-3-12(13)14/h1-4,7,10,19H,5-6,8-9H2. The monoisotopic (exact) mass is 296 g/mol. The lowest BCUT2D eigenvalue weighted by Gasteiger charge is -2.13. The van der Waals surface area contributed by atoms with E-state index in [2.05, 4.69) is 10.3 Å². The highest BCUT2D eigenvalue weighted by Crippen LogP contribution is 2.28. The molecular weight excluding hydrogens is 281 g/mol. The van der Waals surface area contributed by atoms with Gasteiger partial charge in [-0.2, -0.15) is 13.2 Å². The van der Waals surface area contributed by atoms with Gasteiger partial charge in [-0.3, -0.25) is 4.98 Å². The van der Waals surface area contributed by atoms with Crippen molar-refractivity contribution >= 4 is 10.9 Å². The number of fused-ring (bicyclic) bond motifs is 1. The molecule has 6 heteroatoms. The van der Waals surface area contributed by atoms with Crippen LogP contribution >= 0.6 is 0 Å². The third-order valence-electron chi connectivity index (χ3n) is 3.27. The first-order valence-electron chi connectivity index (χ1n) is 6.83. The molecule has 3 nitrogen and oxygen atoms in total. The molecule has 0 bridgehead atoms. The summed E-state index contributed by atoms with van der Waals surface area (Å²) in [6, 6.07) is 9.15. The molecule has 0 unspecified atom stereocenters. The van der Waals surface area contributed by atoms with Gasteiger partial charge in [0.1, 0.15) is 5.75 Å². The Morgan fingerprint density at radius 1 is 1.24 bits per heavy atom. The number of para-hydroxylation sites is 1. The molecule has 0 saturated heterocycles. The average molecular weight is 296 g/mol. The fourth-order valence-electron chi connectivity index (χ4n) is 2.10. The normalized spacial score (nSPS) is 15.4. The smallest absolute Gasteiger partial charge is 0.422 e. The fraction of sp³-hybridized carbons (Fsp3) is 0.400. The van der Waals surface area contributed by atoms with Crippen molar-refractivity contribution in [1.82, 2.24) is 10.3 Å². The predicted octanol–water partition coefficient (Wildman–Crippen LogP) is 3.43. The molecule has 1 saturated carbocycles. The van der Waals surface area contributed by atoms with Crippen molar-refractivity contribution in [2.45, 2.75) is 31.6 Å². The van der Waals surface area contributed by atoms with Crippen LogP contribution in [0, 0.1) is 0 Å². The number of alkyl halides is 3. The lowest BCUT2D eigenvalue weighted by molar-refractivity contribution is -0.153. The molecule has 21 heavy (non-hydrogen) atoms. The van der Waals surface area contributed by atoms with E-state index in [1.165, 1.54) is 0 Å². The Kier molecular flexibility index (Phi) is 3.71. The van der Waals surface area contributed by atoms with Gasteiger partial charge in [-0.05, 0) is 25.0 Å². The van der Waals surface area contributed by atoms with Gasteiger partial charge in [0.05, 0.1) is 11.2 Å². The zero-order valence-electron chi connectivity index (χ0n) is 11.3. The van der Waals surface area contributed by atoms with E-state index in [1.54, 1.807) is 30.3 Å². The Labute approximate surface area is 120 Å². The minimum atomic E-state index is -4.35. The van der Waals surface area contributed by atoms with Crippen molar-refractivity contribution in [3.8, 4) is 5.75 Å². The molecule has 1 aliphatic carbocycles. The summed E-state index contributed by atoms with van der Waals surface area (Å²) in [5.74, 6) is 0.227. The first-order chi connectivity index (χ1) is 10.0. The first kappa shape index (κ1) is 14.1. The number of aromatic nitrogens is 1. The van der Waals surface area contributed by atoms with Crippen LogP contribution in [-0.4, -0.2) is 23.8 Å². The van der Waals surface area contributed by atoms with E-state index in [0.717, 1.165) is 12.8 Å². The Morgan fingerprint density at radius 2 is 2.00 bits per heavy atom. The molecule has 2 aromatic rings. The third-order valence-corrected chi connectivity index (χ3v) is 3.27. The van der Waals surface area contributed by atoms with Gasteiger partial charge in [0, 0.05) is 24.0 Å². The van der Waals surface area contributed by atoms with Crippen LogP contribution in [0.3, 0.4) is 0 Å². The molecular formula is C15H15F3N2O. The van der Waals surface area contributed by atoms with Gasteiger partial charge in [-0.1, -0.05) is 12.1 Å². The van der Waals surface area contributed by atoms with Gasteiger partial charge in [-0.25, -0.2) is 0 Å². The number of nitrogens with zero attached hydrogens (tertiary/aromatic N) is 1. The highest BCUT2D eigenvalue weighted by atomic mass is 19.4. The van der Waals surface area contributed by atoms with Crippen LogP contribution in [0.1, 0.15) is 18.5 Å². The maximum atomic E-state index is 12.4. The molecule has 112 valence electrons. The summed E-state index contributed by atoms with van der Waals surface area (Å²) in [7, 11) is 0. The van der Waals surface area contributed by atoms with Crippen molar-refractivity contribution in [3.05, 3.63) is 36.0 Å². The van der Waals surface area contributed by atoms with E-state index in [1.807, 2.05) is 0 Å². The van der Waals surface area contributed by atoms with Crippen LogP contribution in [-0.2, 0) is 6.54 Å². The average Bonchev–Trinajstić information content (AvgIpc) is 3.26. The quantitative estimate of drug-likeness (QED) is 0.918. The van der Waals surface area contributed by atoms with Crippen LogP contribution in [0.5, 0.6) is 5.75 Å².